The molecule has 168 valence electrons. The molecule has 3 rings (SSSR count). The van der Waals surface area contributed by atoms with E-state index in [1.165, 1.54) is 14.2 Å². The minimum absolute atomic E-state index is 0.0635. The van der Waals surface area contributed by atoms with Crippen LogP contribution in [0.4, 0.5) is 4.79 Å². The maximum absolute atomic E-state index is 12.6. The van der Waals surface area contributed by atoms with Crippen molar-refractivity contribution in [3.8, 4) is 11.5 Å². The summed E-state index contributed by atoms with van der Waals surface area (Å²) in [6.45, 7) is 0.202. The lowest BCUT2D eigenvalue weighted by atomic mass is 10.1. The number of benzene rings is 2. The van der Waals surface area contributed by atoms with Crippen LogP contribution < -0.4 is 14.8 Å². The summed E-state index contributed by atoms with van der Waals surface area (Å²) in [7, 11) is 3.06. The van der Waals surface area contributed by atoms with Crippen LogP contribution in [-0.2, 0) is 16.0 Å². The predicted molar refractivity (Wildman–Crippen MR) is 125 cm³/mol. The molecule has 2 aromatic carbocycles. The maximum Gasteiger partial charge on any atom is 0.293 e. The van der Waals surface area contributed by atoms with Gasteiger partial charge in [-0.1, -0.05) is 35.3 Å². The largest absolute Gasteiger partial charge is 0.493 e. The molecule has 10 heteroatoms. The first-order chi connectivity index (χ1) is 15.3. The van der Waals surface area contributed by atoms with Crippen LogP contribution >= 0.6 is 35.0 Å². The van der Waals surface area contributed by atoms with Crippen molar-refractivity contribution in [2.75, 3.05) is 27.3 Å². The lowest BCUT2D eigenvalue weighted by molar-refractivity contribution is -0.124. The maximum atomic E-state index is 12.6. The lowest BCUT2D eigenvalue weighted by Crippen LogP contribution is -2.37. The second-order valence-corrected chi connectivity index (χ2v) is 8.55. The molecule has 0 saturated carbocycles. The van der Waals surface area contributed by atoms with Crippen LogP contribution in [0.1, 0.15) is 11.1 Å². The number of nitrogens with zero attached hydrogens (tertiary/aromatic N) is 1. The Labute approximate surface area is 199 Å². The highest BCUT2D eigenvalue weighted by Gasteiger charge is 2.34. The molecule has 0 aromatic heterocycles. The van der Waals surface area contributed by atoms with Gasteiger partial charge in [-0.05, 0) is 53.2 Å². The van der Waals surface area contributed by atoms with Crippen LogP contribution in [0.5, 0.6) is 11.5 Å². The summed E-state index contributed by atoms with van der Waals surface area (Å²) in [6.07, 6.45) is 1.68. The zero-order valence-corrected chi connectivity index (χ0v) is 19.6. The van der Waals surface area contributed by atoms with E-state index >= 15 is 0 Å². The summed E-state index contributed by atoms with van der Waals surface area (Å²) in [4.78, 5) is 38.5. The van der Waals surface area contributed by atoms with E-state index in [1.54, 1.807) is 42.5 Å². The third kappa shape index (κ3) is 5.76. The Morgan fingerprint density at radius 2 is 1.84 bits per heavy atom. The second-order valence-electron chi connectivity index (χ2n) is 6.72. The monoisotopic (exact) mass is 494 g/mol. The summed E-state index contributed by atoms with van der Waals surface area (Å²) in [6, 6.07) is 10.1. The van der Waals surface area contributed by atoms with Gasteiger partial charge in [-0.2, -0.15) is 0 Å². The third-order valence-corrected chi connectivity index (χ3v) is 6.06. The van der Waals surface area contributed by atoms with Crippen molar-refractivity contribution in [2.45, 2.75) is 6.42 Å². The van der Waals surface area contributed by atoms with Crippen molar-refractivity contribution >= 4 is 58.1 Å². The van der Waals surface area contributed by atoms with Crippen molar-refractivity contribution in [2.24, 2.45) is 0 Å². The molecule has 1 saturated heterocycles. The number of imide groups is 1. The predicted octanol–water partition coefficient (Wildman–Crippen LogP) is 4.41. The Hall–Kier alpha value is -2.68. The minimum atomic E-state index is -0.430. The fraction of sp³-hybridized carbons (Fsp3) is 0.227. The number of hydrogen-bond donors (Lipinski definition) is 1. The molecule has 0 radical (unpaired) electrons. The molecule has 1 aliphatic rings. The second kappa shape index (κ2) is 10.8. The normalized spacial score (nSPS) is 14.8. The fourth-order valence-electron chi connectivity index (χ4n) is 3.00. The number of hydrogen-bond acceptors (Lipinski definition) is 6. The van der Waals surface area contributed by atoms with Crippen molar-refractivity contribution in [3.05, 3.63) is 62.5 Å². The van der Waals surface area contributed by atoms with Crippen LogP contribution in [0.25, 0.3) is 6.08 Å². The van der Waals surface area contributed by atoms with Crippen molar-refractivity contribution in [3.63, 3.8) is 0 Å². The molecule has 1 fully saturated rings. The highest BCUT2D eigenvalue weighted by Crippen LogP contribution is 2.33. The van der Waals surface area contributed by atoms with Crippen LogP contribution in [0.2, 0.25) is 10.0 Å². The Kier molecular flexibility index (Phi) is 8.06. The molecule has 1 aliphatic heterocycles. The zero-order valence-electron chi connectivity index (χ0n) is 17.3. The lowest BCUT2D eigenvalue weighted by Gasteiger charge is -2.13. The van der Waals surface area contributed by atoms with E-state index in [4.69, 9.17) is 32.7 Å². The standard InChI is InChI=1S/C22H20Cl2N2O5S/c1-30-17-6-3-13(9-18(17)31-2)10-20(27)25-7-8-26-21(28)19(32-22(26)29)11-14-4-5-15(23)12-16(14)24/h3-6,9,11-12H,7-8,10H2,1-2H3,(H,25,27)/b19-11-. The quantitative estimate of drug-likeness (QED) is 0.547. The van der Waals surface area contributed by atoms with Crippen LogP contribution in [-0.4, -0.2) is 49.3 Å². The smallest absolute Gasteiger partial charge is 0.293 e. The van der Waals surface area contributed by atoms with Gasteiger partial charge in [0.25, 0.3) is 11.1 Å². The van der Waals surface area contributed by atoms with Crippen molar-refractivity contribution in [1.82, 2.24) is 10.2 Å². The fourth-order valence-corrected chi connectivity index (χ4v) is 4.32. The van der Waals surface area contributed by atoms with E-state index in [2.05, 4.69) is 5.32 Å². The molecule has 32 heavy (non-hydrogen) atoms. The number of rotatable bonds is 8. The van der Waals surface area contributed by atoms with Gasteiger partial charge >= 0.3 is 0 Å². The van der Waals surface area contributed by atoms with E-state index in [1.807, 2.05) is 0 Å². The van der Waals surface area contributed by atoms with Gasteiger partial charge < -0.3 is 14.8 Å². The van der Waals surface area contributed by atoms with E-state index < -0.39 is 11.1 Å². The molecular weight excluding hydrogens is 475 g/mol. The molecule has 2 aromatic rings. The van der Waals surface area contributed by atoms with E-state index in [0.717, 1.165) is 22.2 Å². The number of carbonyl (C=O) groups excluding carboxylic acids is 3. The topological polar surface area (TPSA) is 84.9 Å². The Bertz CT molecular complexity index is 1090. The Balaban J connectivity index is 1.55. The van der Waals surface area contributed by atoms with E-state index in [0.29, 0.717) is 27.1 Å². The van der Waals surface area contributed by atoms with Crippen LogP contribution in [0.3, 0.4) is 0 Å². The van der Waals surface area contributed by atoms with Gasteiger partial charge in [0, 0.05) is 23.1 Å². The highest BCUT2D eigenvalue weighted by molar-refractivity contribution is 8.18. The van der Waals surface area contributed by atoms with Gasteiger partial charge in [-0.25, -0.2) is 0 Å². The molecule has 1 heterocycles. The molecule has 3 amide bonds. The molecule has 1 N–H and O–H groups in total. The van der Waals surface area contributed by atoms with Crippen LogP contribution in [0.15, 0.2) is 41.3 Å². The average Bonchev–Trinajstić information content (AvgIpc) is 3.03. The van der Waals surface area contributed by atoms with Gasteiger partial charge in [-0.3, -0.25) is 19.3 Å². The van der Waals surface area contributed by atoms with Crippen LogP contribution in [0, 0.1) is 0 Å². The average molecular weight is 495 g/mol. The molecule has 7 nitrogen and oxygen atoms in total. The van der Waals surface area contributed by atoms with Gasteiger partial charge in [0.15, 0.2) is 11.5 Å². The summed E-state index contributed by atoms with van der Waals surface area (Å²) in [5.41, 5.74) is 1.33. The number of halogens is 2. The number of carbonyl (C=O) groups is 3. The number of thioether (sulfide) groups is 1. The van der Waals surface area contributed by atoms with E-state index in [9.17, 15) is 14.4 Å². The highest BCUT2D eigenvalue weighted by atomic mass is 35.5. The van der Waals surface area contributed by atoms with Crippen molar-refractivity contribution in [1.29, 1.82) is 0 Å². The number of amides is 3. The number of methoxy groups -OCH3 is 2. The molecular formula is C22H20Cl2N2O5S. The van der Waals surface area contributed by atoms with Gasteiger partial charge in [0.1, 0.15) is 0 Å². The molecule has 0 unspecified atom stereocenters. The molecule has 0 spiro atoms. The molecule has 0 atom stereocenters. The molecule has 0 aliphatic carbocycles. The first-order valence-corrected chi connectivity index (χ1v) is 11.1. The number of nitrogens with one attached hydrogen (secondary N) is 1. The summed E-state index contributed by atoms with van der Waals surface area (Å²) < 4.78 is 10.4. The number of ether oxygens (including phenoxy) is 2. The van der Waals surface area contributed by atoms with Crippen molar-refractivity contribution < 1.29 is 23.9 Å². The molecule has 0 bridgehead atoms. The first kappa shape index (κ1) is 24.0. The Morgan fingerprint density at radius 1 is 1.09 bits per heavy atom. The summed E-state index contributed by atoms with van der Waals surface area (Å²) in [5, 5.41) is 3.18. The minimum Gasteiger partial charge on any atom is -0.493 e. The summed E-state index contributed by atoms with van der Waals surface area (Å²) >= 11 is 12.9. The SMILES string of the molecule is COc1ccc(CC(=O)NCCN2C(=O)S/C(=C\c3ccc(Cl)cc3Cl)C2=O)cc1OC. The third-order valence-electron chi connectivity index (χ3n) is 4.59. The van der Waals surface area contributed by atoms with E-state index in [-0.39, 0.29) is 30.3 Å². The zero-order chi connectivity index (χ0) is 23.3. The summed E-state index contributed by atoms with van der Waals surface area (Å²) in [5.74, 6) is 0.431. The first-order valence-electron chi connectivity index (χ1n) is 9.50. The van der Waals surface area contributed by atoms with Gasteiger partial charge in [0.2, 0.25) is 5.91 Å². The van der Waals surface area contributed by atoms with Gasteiger partial charge in [-0.15, -0.1) is 0 Å². The Morgan fingerprint density at radius 3 is 2.53 bits per heavy atom. The van der Waals surface area contributed by atoms with Gasteiger partial charge in [0.05, 0.1) is 25.5 Å².